The molecule has 4 heterocycles. The zero-order valence-corrected chi connectivity index (χ0v) is 17.8. The number of hydrogen-bond donors (Lipinski definition) is 2. The predicted octanol–water partition coefficient (Wildman–Crippen LogP) is 0.641. The molecule has 2 fully saturated rings. The second-order valence-corrected chi connectivity index (χ2v) is 9.23. The largest absolute Gasteiger partial charge is 0.348 e. The van der Waals surface area contributed by atoms with E-state index in [-0.39, 0.29) is 36.8 Å². The van der Waals surface area contributed by atoms with Crippen molar-refractivity contribution in [3.8, 4) is 0 Å². The molecular formula is C16H27Cl2N5O3S. The van der Waals surface area contributed by atoms with Gasteiger partial charge in [-0.2, -0.15) is 4.31 Å². The average molecular weight is 440 g/mol. The summed E-state index contributed by atoms with van der Waals surface area (Å²) < 4.78 is 26.4. The molecule has 3 aliphatic rings. The van der Waals surface area contributed by atoms with Crippen molar-refractivity contribution in [2.45, 2.75) is 43.7 Å². The highest BCUT2D eigenvalue weighted by molar-refractivity contribution is 7.88. The topological polar surface area (TPSA) is 98.4 Å². The number of sulfonamides is 1. The maximum Gasteiger partial charge on any atom is 0.239 e. The number of fused-ring (bicyclic) bond motifs is 2. The Balaban J connectivity index is 0.00000131. The molecule has 1 atom stereocenters. The van der Waals surface area contributed by atoms with Gasteiger partial charge in [-0.25, -0.2) is 13.4 Å². The Kier molecular flexibility index (Phi) is 6.85. The molecule has 0 radical (unpaired) electrons. The second kappa shape index (κ2) is 8.24. The number of H-pyrrole nitrogens is 1. The van der Waals surface area contributed by atoms with Gasteiger partial charge in [-0.1, -0.05) is 0 Å². The molecule has 11 heteroatoms. The normalized spacial score (nSPS) is 24.8. The molecule has 0 bridgehead atoms. The number of amides is 1. The molecule has 1 aromatic heterocycles. The fraction of sp³-hybridized carbons (Fsp3) is 0.750. The number of likely N-dealkylation sites (tertiary alicyclic amines) is 1. The van der Waals surface area contributed by atoms with Crippen molar-refractivity contribution in [1.29, 1.82) is 0 Å². The molecule has 27 heavy (non-hydrogen) atoms. The quantitative estimate of drug-likeness (QED) is 0.704. The van der Waals surface area contributed by atoms with Crippen LogP contribution in [-0.4, -0.2) is 72.0 Å². The molecule has 1 spiro atoms. The third-order valence-electron chi connectivity index (χ3n) is 5.86. The summed E-state index contributed by atoms with van der Waals surface area (Å²) in [6.07, 6.45) is 6.68. The van der Waals surface area contributed by atoms with Gasteiger partial charge in [0.05, 0.1) is 29.9 Å². The van der Waals surface area contributed by atoms with Crippen LogP contribution < -0.4 is 5.32 Å². The van der Waals surface area contributed by atoms with Gasteiger partial charge >= 0.3 is 0 Å². The van der Waals surface area contributed by atoms with Crippen LogP contribution in [0.15, 0.2) is 6.33 Å². The summed E-state index contributed by atoms with van der Waals surface area (Å²) in [6, 6.07) is -0.0765. The van der Waals surface area contributed by atoms with Crippen LogP contribution >= 0.6 is 24.8 Å². The standard InChI is InChI=1S/C16H25N5O3S.2ClH/c1-25(23,24)21-8-4-12-14(19-11-18-12)16(21)5-9-20(10-6-16)15(22)13-3-2-7-17-13;;/h11,13,17H,2-10H2,1H3,(H,18,19);2*1H/t13-;;/m1../s1. The minimum Gasteiger partial charge on any atom is -0.348 e. The Hall–Kier alpha value is -0.870. The van der Waals surface area contributed by atoms with E-state index < -0.39 is 15.6 Å². The SMILES string of the molecule is CS(=O)(=O)N1CCc2[nH]cnc2C12CCN(C(=O)[C@H]1CCCN1)CC2.Cl.Cl. The molecule has 8 nitrogen and oxygen atoms in total. The number of hydrogen-bond acceptors (Lipinski definition) is 5. The molecule has 0 aliphatic carbocycles. The number of halogens is 2. The minimum absolute atomic E-state index is 0. The lowest BCUT2D eigenvalue weighted by Crippen LogP contribution is -2.59. The molecule has 2 saturated heterocycles. The summed E-state index contributed by atoms with van der Waals surface area (Å²) in [7, 11) is -3.34. The Bertz CT molecular complexity index is 771. The van der Waals surface area contributed by atoms with Gasteiger partial charge in [0.2, 0.25) is 15.9 Å². The molecule has 154 valence electrons. The van der Waals surface area contributed by atoms with E-state index in [0.717, 1.165) is 30.8 Å². The summed E-state index contributed by atoms with van der Waals surface area (Å²) in [5.41, 5.74) is 1.24. The number of aromatic amines is 1. The van der Waals surface area contributed by atoms with Crippen molar-refractivity contribution in [1.82, 2.24) is 24.5 Å². The number of nitrogens with zero attached hydrogens (tertiary/aromatic N) is 3. The lowest BCUT2D eigenvalue weighted by molar-refractivity contribution is -0.135. The van der Waals surface area contributed by atoms with E-state index in [2.05, 4.69) is 15.3 Å². The number of nitrogens with one attached hydrogen (secondary N) is 2. The maximum atomic E-state index is 12.7. The highest BCUT2D eigenvalue weighted by Crippen LogP contribution is 2.43. The number of piperidine rings is 1. The Morgan fingerprint density at radius 1 is 1.26 bits per heavy atom. The zero-order valence-electron chi connectivity index (χ0n) is 15.3. The number of rotatable bonds is 2. The highest BCUT2D eigenvalue weighted by Gasteiger charge is 2.51. The maximum absolute atomic E-state index is 12.7. The first-order chi connectivity index (χ1) is 11.9. The van der Waals surface area contributed by atoms with E-state index in [9.17, 15) is 13.2 Å². The van der Waals surface area contributed by atoms with E-state index in [1.165, 1.54) is 6.26 Å². The number of carbonyl (C=O) groups is 1. The van der Waals surface area contributed by atoms with Gasteiger partial charge < -0.3 is 15.2 Å². The van der Waals surface area contributed by atoms with Crippen LogP contribution in [-0.2, 0) is 26.8 Å². The molecule has 0 saturated carbocycles. The van der Waals surface area contributed by atoms with Gasteiger partial charge in [-0.3, -0.25) is 4.79 Å². The van der Waals surface area contributed by atoms with Gasteiger partial charge in [0.25, 0.3) is 0 Å². The van der Waals surface area contributed by atoms with Crippen LogP contribution in [0, 0.1) is 0 Å². The second-order valence-electron chi connectivity index (χ2n) is 7.32. The highest BCUT2D eigenvalue weighted by atomic mass is 35.5. The van der Waals surface area contributed by atoms with E-state index in [1.807, 2.05) is 4.90 Å². The van der Waals surface area contributed by atoms with Crippen LogP contribution in [0.4, 0.5) is 0 Å². The van der Waals surface area contributed by atoms with E-state index in [0.29, 0.717) is 38.9 Å². The Morgan fingerprint density at radius 3 is 2.56 bits per heavy atom. The van der Waals surface area contributed by atoms with Gasteiger partial charge in [-0.05, 0) is 32.2 Å². The van der Waals surface area contributed by atoms with Crippen molar-refractivity contribution in [2.75, 3.05) is 32.4 Å². The monoisotopic (exact) mass is 439 g/mol. The zero-order chi connectivity index (χ0) is 17.7. The third kappa shape index (κ3) is 3.85. The molecule has 3 aliphatic heterocycles. The van der Waals surface area contributed by atoms with Crippen molar-refractivity contribution in [3.05, 3.63) is 17.7 Å². The van der Waals surface area contributed by atoms with Crippen LogP contribution in [0.5, 0.6) is 0 Å². The summed E-state index contributed by atoms with van der Waals surface area (Å²) in [4.78, 5) is 22.2. The third-order valence-corrected chi connectivity index (χ3v) is 7.20. The molecule has 1 amide bonds. The molecular weight excluding hydrogens is 413 g/mol. The van der Waals surface area contributed by atoms with Crippen molar-refractivity contribution < 1.29 is 13.2 Å². The summed E-state index contributed by atoms with van der Waals surface area (Å²) in [5, 5.41) is 3.25. The summed E-state index contributed by atoms with van der Waals surface area (Å²) in [6.45, 7) is 2.49. The van der Waals surface area contributed by atoms with Gasteiger partial charge in [0.15, 0.2) is 0 Å². The molecule has 2 N–H and O–H groups in total. The van der Waals surface area contributed by atoms with Crippen LogP contribution in [0.1, 0.15) is 37.1 Å². The fourth-order valence-corrected chi connectivity index (χ4v) is 5.97. The molecule has 4 rings (SSSR count). The smallest absolute Gasteiger partial charge is 0.239 e. The number of aromatic nitrogens is 2. The van der Waals surface area contributed by atoms with Crippen LogP contribution in [0.25, 0.3) is 0 Å². The summed E-state index contributed by atoms with van der Waals surface area (Å²) in [5.74, 6) is 0.149. The predicted molar refractivity (Wildman–Crippen MR) is 107 cm³/mol. The average Bonchev–Trinajstić information content (AvgIpc) is 3.26. The Labute approximate surface area is 172 Å². The first kappa shape index (κ1) is 22.4. The number of carbonyl (C=O) groups excluding carboxylic acids is 1. The number of imidazole rings is 1. The van der Waals surface area contributed by atoms with Crippen LogP contribution in [0.2, 0.25) is 0 Å². The van der Waals surface area contributed by atoms with E-state index in [4.69, 9.17) is 0 Å². The van der Waals surface area contributed by atoms with E-state index >= 15 is 0 Å². The molecule has 0 aromatic carbocycles. The van der Waals surface area contributed by atoms with E-state index in [1.54, 1.807) is 10.6 Å². The van der Waals surface area contributed by atoms with Gasteiger partial charge in [0.1, 0.15) is 0 Å². The molecule has 0 unspecified atom stereocenters. The van der Waals surface area contributed by atoms with Crippen molar-refractivity contribution >= 4 is 40.7 Å². The van der Waals surface area contributed by atoms with Gasteiger partial charge in [-0.15, -0.1) is 24.8 Å². The lowest BCUT2D eigenvalue weighted by Gasteiger charge is -2.49. The van der Waals surface area contributed by atoms with Crippen molar-refractivity contribution in [3.63, 3.8) is 0 Å². The Morgan fingerprint density at radius 2 is 1.96 bits per heavy atom. The fourth-order valence-electron chi connectivity index (χ4n) is 4.64. The first-order valence-corrected chi connectivity index (χ1v) is 10.8. The van der Waals surface area contributed by atoms with Crippen LogP contribution in [0.3, 0.4) is 0 Å². The molecule has 1 aromatic rings. The van der Waals surface area contributed by atoms with Crippen molar-refractivity contribution in [2.24, 2.45) is 0 Å². The lowest BCUT2D eigenvalue weighted by atomic mass is 9.80. The first-order valence-electron chi connectivity index (χ1n) is 8.94. The van der Waals surface area contributed by atoms with Gasteiger partial charge in [0, 0.05) is 31.7 Å². The minimum atomic E-state index is -3.34. The summed E-state index contributed by atoms with van der Waals surface area (Å²) >= 11 is 0.